The van der Waals surface area contributed by atoms with E-state index in [2.05, 4.69) is 31.1 Å². The minimum Gasteiger partial charge on any atom is -0.390 e. The highest BCUT2D eigenvalue weighted by Crippen LogP contribution is 2.21. The van der Waals surface area contributed by atoms with Gasteiger partial charge in [0.2, 0.25) is 0 Å². The van der Waals surface area contributed by atoms with Crippen LogP contribution in [0.4, 0.5) is 0 Å². The summed E-state index contributed by atoms with van der Waals surface area (Å²) >= 11 is 0. The van der Waals surface area contributed by atoms with Crippen LogP contribution in [-0.2, 0) is 0 Å². The van der Waals surface area contributed by atoms with Crippen LogP contribution in [0.3, 0.4) is 0 Å². The summed E-state index contributed by atoms with van der Waals surface area (Å²) in [5, 5.41) is 13.2. The Morgan fingerprint density at radius 2 is 1.88 bits per heavy atom. The van der Waals surface area contributed by atoms with Crippen molar-refractivity contribution in [3.05, 3.63) is 0 Å². The Labute approximate surface area is 100 Å². The molecule has 0 aromatic carbocycles. The summed E-state index contributed by atoms with van der Waals surface area (Å²) in [5.41, 5.74) is 0. The topological polar surface area (TPSA) is 35.5 Å². The van der Waals surface area contributed by atoms with Gasteiger partial charge in [-0.15, -0.1) is 0 Å². The third-order valence-electron chi connectivity index (χ3n) is 3.46. The van der Waals surface area contributed by atoms with Gasteiger partial charge in [-0.1, -0.05) is 33.1 Å². The molecule has 1 aliphatic carbocycles. The Bertz CT molecular complexity index is 179. The van der Waals surface area contributed by atoms with Crippen LogP contribution >= 0.6 is 0 Å². The largest absolute Gasteiger partial charge is 0.390 e. The lowest BCUT2D eigenvalue weighted by Gasteiger charge is -2.32. The summed E-state index contributed by atoms with van der Waals surface area (Å²) in [6.45, 7) is 5.72. The number of nitrogens with zero attached hydrogens (tertiary/aromatic N) is 1. The molecule has 1 unspecified atom stereocenters. The van der Waals surface area contributed by atoms with Crippen molar-refractivity contribution in [2.24, 2.45) is 0 Å². The smallest absolute Gasteiger partial charge is 0.0791 e. The van der Waals surface area contributed by atoms with Crippen LogP contribution in [-0.4, -0.2) is 48.3 Å². The van der Waals surface area contributed by atoms with Crippen LogP contribution < -0.4 is 5.32 Å². The highest BCUT2D eigenvalue weighted by molar-refractivity contribution is 4.76. The van der Waals surface area contributed by atoms with Gasteiger partial charge in [0.25, 0.3) is 0 Å². The van der Waals surface area contributed by atoms with E-state index in [0.717, 1.165) is 6.54 Å². The molecule has 0 radical (unpaired) electrons. The van der Waals surface area contributed by atoms with Crippen molar-refractivity contribution in [3.63, 3.8) is 0 Å². The van der Waals surface area contributed by atoms with E-state index in [-0.39, 0.29) is 6.10 Å². The number of aliphatic hydroxyl groups is 1. The monoisotopic (exact) mass is 228 g/mol. The van der Waals surface area contributed by atoms with Crippen molar-refractivity contribution in [1.29, 1.82) is 0 Å². The van der Waals surface area contributed by atoms with Gasteiger partial charge in [0, 0.05) is 25.2 Å². The molecule has 96 valence electrons. The molecule has 0 bridgehead atoms. The Morgan fingerprint density at radius 3 is 2.44 bits per heavy atom. The van der Waals surface area contributed by atoms with Crippen molar-refractivity contribution in [3.8, 4) is 0 Å². The van der Waals surface area contributed by atoms with E-state index in [4.69, 9.17) is 0 Å². The molecule has 0 amide bonds. The molecule has 3 nitrogen and oxygen atoms in total. The molecular formula is C13H28N2O. The van der Waals surface area contributed by atoms with Crippen LogP contribution in [0.1, 0.15) is 46.0 Å². The SMILES string of the molecule is CC(C)NCC(O)CN(C)C1CCCCC1. The molecule has 1 saturated carbocycles. The van der Waals surface area contributed by atoms with E-state index in [1.807, 2.05) is 0 Å². The van der Waals surface area contributed by atoms with Gasteiger partial charge in [-0.2, -0.15) is 0 Å². The van der Waals surface area contributed by atoms with Crippen molar-refractivity contribution in [1.82, 2.24) is 10.2 Å². The van der Waals surface area contributed by atoms with Gasteiger partial charge in [0.1, 0.15) is 0 Å². The van der Waals surface area contributed by atoms with Crippen LogP contribution in [0.5, 0.6) is 0 Å². The normalized spacial score (nSPS) is 20.6. The van der Waals surface area contributed by atoms with Crippen LogP contribution in [0.25, 0.3) is 0 Å². The van der Waals surface area contributed by atoms with Gasteiger partial charge in [0.15, 0.2) is 0 Å². The van der Waals surface area contributed by atoms with E-state index in [1.165, 1.54) is 32.1 Å². The van der Waals surface area contributed by atoms with E-state index in [9.17, 15) is 5.11 Å². The molecule has 0 aromatic rings. The first-order chi connectivity index (χ1) is 7.59. The molecule has 0 aromatic heterocycles. The van der Waals surface area contributed by atoms with Gasteiger partial charge in [-0.25, -0.2) is 0 Å². The van der Waals surface area contributed by atoms with Crippen LogP contribution in [0.2, 0.25) is 0 Å². The average Bonchev–Trinajstić information content (AvgIpc) is 2.27. The predicted molar refractivity (Wildman–Crippen MR) is 68.6 cm³/mol. The van der Waals surface area contributed by atoms with Crippen molar-refractivity contribution in [2.75, 3.05) is 20.1 Å². The zero-order valence-corrected chi connectivity index (χ0v) is 11.1. The molecule has 16 heavy (non-hydrogen) atoms. The van der Waals surface area contributed by atoms with E-state index < -0.39 is 0 Å². The van der Waals surface area contributed by atoms with E-state index in [1.54, 1.807) is 0 Å². The van der Waals surface area contributed by atoms with Gasteiger partial charge in [-0.05, 0) is 19.9 Å². The zero-order chi connectivity index (χ0) is 12.0. The van der Waals surface area contributed by atoms with Gasteiger partial charge in [0.05, 0.1) is 6.10 Å². The molecule has 1 rings (SSSR count). The second kappa shape index (κ2) is 7.25. The minimum atomic E-state index is -0.241. The van der Waals surface area contributed by atoms with E-state index >= 15 is 0 Å². The van der Waals surface area contributed by atoms with Gasteiger partial charge >= 0.3 is 0 Å². The number of rotatable bonds is 6. The Balaban J connectivity index is 2.18. The molecule has 0 heterocycles. The minimum absolute atomic E-state index is 0.241. The lowest BCUT2D eigenvalue weighted by atomic mass is 9.94. The fourth-order valence-electron chi connectivity index (χ4n) is 2.44. The Kier molecular flexibility index (Phi) is 6.32. The fourth-order valence-corrected chi connectivity index (χ4v) is 2.44. The second-order valence-corrected chi connectivity index (χ2v) is 5.45. The first-order valence-electron chi connectivity index (χ1n) is 6.71. The average molecular weight is 228 g/mol. The maximum absolute atomic E-state index is 9.89. The number of hydrogen-bond acceptors (Lipinski definition) is 3. The summed E-state index contributed by atoms with van der Waals surface area (Å²) in [7, 11) is 2.15. The first-order valence-corrected chi connectivity index (χ1v) is 6.71. The van der Waals surface area contributed by atoms with E-state index in [0.29, 0.717) is 18.6 Å². The Hall–Kier alpha value is -0.120. The number of aliphatic hydroxyl groups excluding tert-OH is 1. The standard InChI is InChI=1S/C13H28N2O/c1-11(2)14-9-13(16)10-15(3)12-7-5-4-6-8-12/h11-14,16H,4-10H2,1-3H3. The maximum atomic E-state index is 9.89. The predicted octanol–water partition coefficient (Wildman–Crippen LogP) is 1.61. The Morgan fingerprint density at radius 1 is 1.25 bits per heavy atom. The molecule has 0 aliphatic heterocycles. The summed E-state index contributed by atoms with van der Waals surface area (Å²) in [5.74, 6) is 0. The summed E-state index contributed by atoms with van der Waals surface area (Å²) in [4.78, 5) is 2.34. The van der Waals surface area contributed by atoms with Crippen molar-refractivity contribution >= 4 is 0 Å². The maximum Gasteiger partial charge on any atom is 0.0791 e. The first kappa shape index (κ1) is 13.9. The summed E-state index contributed by atoms with van der Waals surface area (Å²) < 4.78 is 0. The second-order valence-electron chi connectivity index (χ2n) is 5.45. The number of hydrogen-bond donors (Lipinski definition) is 2. The van der Waals surface area contributed by atoms with Crippen molar-refractivity contribution < 1.29 is 5.11 Å². The molecule has 0 saturated heterocycles. The molecule has 2 N–H and O–H groups in total. The van der Waals surface area contributed by atoms with Crippen molar-refractivity contribution in [2.45, 2.75) is 64.1 Å². The third kappa shape index (κ3) is 5.28. The zero-order valence-electron chi connectivity index (χ0n) is 11.1. The van der Waals surface area contributed by atoms with Crippen LogP contribution in [0.15, 0.2) is 0 Å². The third-order valence-corrected chi connectivity index (χ3v) is 3.46. The fraction of sp³-hybridized carbons (Fsp3) is 1.00. The lowest BCUT2D eigenvalue weighted by Crippen LogP contribution is -2.43. The molecule has 0 spiro atoms. The number of likely N-dealkylation sites (N-methyl/N-ethyl adjacent to an activating group) is 1. The lowest BCUT2D eigenvalue weighted by molar-refractivity contribution is 0.0894. The molecule has 3 heteroatoms. The number of nitrogens with one attached hydrogen (secondary N) is 1. The summed E-state index contributed by atoms with van der Waals surface area (Å²) in [6, 6.07) is 1.15. The van der Waals surface area contributed by atoms with Crippen LogP contribution in [0, 0.1) is 0 Å². The summed E-state index contributed by atoms with van der Waals surface area (Å²) in [6.07, 6.45) is 6.48. The van der Waals surface area contributed by atoms with Gasteiger partial charge < -0.3 is 15.3 Å². The molecule has 1 fully saturated rings. The van der Waals surface area contributed by atoms with Gasteiger partial charge in [-0.3, -0.25) is 0 Å². The molecule has 1 aliphatic rings. The molecular weight excluding hydrogens is 200 g/mol. The highest BCUT2D eigenvalue weighted by atomic mass is 16.3. The quantitative estimate of drug-likeness (QED) is 0.725. The highest BCUT2D eigenvalue weighted by Gasteiger charge is 2.19. The molecule has 1 atom stereocenters.